The Hall–Kier alpha value is -3.37. The first-order chi connectivity index (χ1) is 16.0. The third kappa shape index (κ3) is 5.18. The van der Waals surface area contributed by atoms with Gasteiger partial charge in [0.05, 0.1) is 4.91 Å². The molecule has 10 heteroatoms. The zero-order chi connectivity index (χ0) is 23.4. The van der Waals surface area contributed by atoms with Crippen LogP contribution in [0.3, 0.4) is 0 Å². The molecule has 0 radical (unpaired) electrons. The molecule has 4 rings (SSSR count). The molecule has 2 aromatic carbocycles. The first-order valence-corrected chi connectivity index (χ1v) is 12.0. The van der Waals surface area contributed by atoms with Crippen LogP contribution in [-0.2, 0) is 4.79 Å². The maximum Gasteiger partial charge on any atom is 0.293 e. The summed E-state index contributed by atoms with van der Waals surface area (Å²) in [6, 6.07) is 12.7. The molecule has 1 aromatic heterocycles. The van der Waals surface area contributed by atoms with Crippen LogP contribution in [0.25, 0.3) is 11.8 Å². The van der Waals surface area contributed by atoms with Gasteiger partial charge in [0, 0.05) is 36.7 Å². The van der Waals surface area contributed by atoms with Crippen LogP contribution >= 0.6 is 23.5 Å². The molecular weight excluding hydrogens is 463 g/mol. The average Bonchev–Trinajstić information content (AvgIpc) is 3.40. The molecule has 1 saturated heterocycles. The van der Waals surface area contributed by atoms with Crippen molar-refractivity contribution < 1.29 is 18.8 Å². The van der Waals surface area contributed by atoms with Crippen molar-refractivity contribution in [3.63, 3.8) is 0 Å². The van der Waals surface area contributed by atoms with E-state index < -0.39 is 11.1 Å². The highest BCUT2D eigenvalue weighted by Gasteiger charge is 2.34. The Morgan fingerprint density at radius 1 is 1.21 bits per heavy atom. The molecule has 1 fully saturated rings. The Bertz CT molecular complexity index is 1240. The third-order valence-corrected chi connectivity index (χ3v) is 6.41. The molecule has 168 valence electrons. The van der Waals surface area contributed by atoms with E-state index in [-0.39, 0.29) is 29.7 Å². The largest absolute Gasteiger partial charge is 0.350 e. The minimum atomic E-state index is -0.435. The lowest BCUT2D eigenvalue weighted by Gasteiger charge is -2.13. The van der Waals surface area contributed by atoms with Crippen LogP contribution in [0, 0.1) is 5.82 Å². The molecule has 7 nitrogen and oxygen atoms in total. The topological polar surface area (TPSA) is 84.3 Å². The lowest BCUT2D eigenvalue weighted by atomic mass is 10.2. The van der Waals surface area contributed by atoms with Gasteiger partial charge in [0.15, 0.2) is 5.16 Å². The molecule has 0 spiro atoms. The van der Waals surface area contributed by atoms with E-state index in [9.17, 15) is 18.8 Å². The number of amides is 3. The number of hydrogen-bond acceptors (Lipinski definition) is 6. The van der Waals surface area contributed by atoms with Crippen LogP contribution in [-0.4, -0.2) is 50.8 Å². The van der Waals surface area contributed by atoms with Crippen LogP contribution in [0.5, 0.6) is 0 Å². The van der Waals surface area contributed by atoms with Gasteiger partial charge in [-0.05, 0) is 60.0 Å². The van der Waals surface area contributed by atoms with Gasteiger partial charge in [0.1, 0.15) is 5.82 Å². The first-order valence-electron chi connectivity index (χ1n) is 9.93. The predicted octanol–water partition coefficient (Wildman–Crippen LogP) is 4.20. The first kappa shape index (κ1) is 22.8. The van der Waals surface area contributed by atoms with Gasteiger partial charge in [0.25, 0.3) is 17.1 Å². The normalized spacial score (nSPS) is 14.8. The highest BCUT2D eigenvalue weighted by molar-refractivity contribution is 8.18. The number of hydrogen-bond donors (Lipinski definition) is 1. The Morgan fingerprint density at radius 2 is 2.00 bits per heavy atom. The van der Waals surface area contributed by atoms with E-state index >= 15 is 0 Å². The second-order valence-corrected chi connectivity index (χ2v) is 8.74. The Kier molecular flexibility index (Phi) is 6.95. The average molecular weight is 483 g/mol. The van der Waals surface area contributed by atoms with Crippen molar-refractivity contribution in [2.45, 2.75) is 5.16 Å². The number of carbonyl (C=O) groups is 3. The fourth-order valence-corrected chi connectivity index (χ4v) is 4.61. The molecule has 0 bridgehead atoms. The summed E-state index contributed by atoms with van der Waals surface area (Å²) < 4.78 is 14.9. The minimum Gasteiger partial charge on any atom is -0.350 e. The molecule has 1 aliphatic rings. The van der Waals surface area contributed by atoms with Gasteiger partial charge in [-0.1, -0.05) is 30.0 Å². The standard InChI is InChI=1S/C23H19FN4O3S2/c1-32-22-26-10-11-27(22)18-4-2-3-16(14-18)20(29)25-9-12-28-21(30)19(33-23(28)31)13-15-5-7-17(24)8-6-15/h2-8,10-11,13-14H,9,12H2,1H3,(H,25,29)/b19-13-. The highest BCUT2D eigenvalue weighted by atomic mass is 32.2. The summed E-state index contributed by atoms with van der Waals surface area (Å²) in [5.41, 5.74) is 1.89. The van der Waals surface area contributed by atoms with Crippen LogP contribution in [0.2, 0.25) is 0 Å². The predicted molar refractivity (Wildman–Crippen MR) is 127 cm³/mol. The number of thioether (sulfide) groups is 2. The summed E-state index contributed by atoms with van der Waals surface area (Å²) in [5, 5.41) is 3.15. The lowest BCUT2D eigenvalue weighted by Crippen LogP contribution is -2.37. The zero-order valence-electron chi connectivity index (χ0n) is 17.5. The van der Waals surface area contributed by atoms with E-state index in [0.717, 1.165) is 27.5 Å². The van der Waals surface area contributed by atoms with Gasteiger partial charge in [-0.2, -0.15) is 0 Å². The molecule has 0 atom stereocenters. The lowest BCUT2D eigenvalue weighted by molar-refractivity contribution is -0.122. The number of halogens is 1. The van der Waals surface area contributed by atoms with Gasteiger partial charge in [0.2, 0.25) is 0 Å². The molecule has 3 aromatic rings. The number of imide groups is 1. The van der Waals surface area contributed by atoms with E-state index in [0.29, 0.717) is 11.1 Å². The van der Waals surface area contributed by atoms with Crippen molar-refractivity contribution in [1.82, 2.24) is 19.8 Å². The van der Waals surface area contributed by atoms with Crippen molar-refractivity contribution in [3.8, 4) is 5.69 Å². The van der Waals surface area contributed by atoms with Gasteiger partial charge in [-0.25, -0.2) is 9.37 Å². The second kappa shape index (κ2) is 10.1. The summed E-state index contributed by atoms with van der Waals surface area (Å²) in [6.07, 6.45) is 6.99. The van der Waals surface area contributed by atoms with Crippen molar-refractivity contribution in [2.75, 3.05) is 19.3 Å². The van der Waals surface area contributed by atoms with E-state index in [1.54, 1.807) is 30.5 Å². The van der Waals surface area contributed by atoms with Crippen LogP contribution in [0.1, 0.15) is 15.9 Å². The number of nitrogens with zero attached hydrogens (tertiary/aromatic N) is 3. The number of carbonyl (C=O) groups excluding carboxylic acids is 3. The van der Waals surface area contributed by atoms with Crippen molar-refractivity contribution in [3.05, 3.63) is 82.8 Å². The Labute approximate surface area is 198 Å². The fraction of sp³-hybridized carbons (Fsp3) is 0.130. The Balaban J connectivity index is 1.37. The molecule has 0 saturated carbocycles. The monoisotopic (exact) mass is 482 g/mol. The van der Waals surface area contributed by atoms with E-state index in [2.05, 4.69) is 10.3 Å². The maximum absolute atomic E-state index is 13.1. The molecule has 1 aliphatic heterocycles. The molecule has 3 amide bonds. The number of nitrogens with one attached hydrogen (secondary N) is 1. The quantitative estimate of drug-likeness (QED) is 0.401. The maximum atomic E-state index is 13.1. The number of aromatic nitrogens is 2. The molecular formula is C23H19FN4O3S2. The van der Waals surface area contributed by atoms with Crippen molar-refractivity contribution in [2.24, 2.45) is 0 Å². The van der Waals surface area contributed by atoms with Crippen molar-refractivity contribution >= 4 is 46.7 Å². The smallest absolute Gasteiger partial charge is 0.293 e. The van der Waals surface area contributed by atoms with E-state index in [1.165, 1.54) is 36.0 Å². The summed E-state index contributed by atoms with van der Waals surface area (Å²) >= 11 is 2.32. The fourth-order valence-electron chi connectivity index (χ4n) is 3.22. The molecule has 0 unspecified atom stereocenters. The summed E-state index contributed by atoms with van der Waals surface area (Å²) in [6.45, 7) is 0.168. The summed E-state index contributed by atoms with van der Waals surface area (Å²) in [4.78, 5) is 43.1. The SMILES string of the molecule is CSc1nccn1-c1cccc(C(=O)NCCN2C(=O)S/C(=C\c3ccc(F)cc3)C2=O)c1. The number of rotatable bonds is 7. The zero-order valence-corrected chi connectivity index (χ0v) is 19.2. The minimum absolute atomic E-state index is 0.0506. The highest BCUT2D eigenvalue weighted by Crippen LogP contribution is 2.31. The summed E-state index contributed by atoms with van der Waals surface area (Å²) in [5.74, 6) is -1.12. The van der Waals surface area contributed by atoms with Gasteiger partial charge >= 0.3 is 0 Å². The van der Waals surface area contributed by atoms with Crippen molar-refractivity contribution in [1.29, 1.82) is 0 Å². The van der Waals surface area contributed by atoms with Gasteiger partial charge in [-0.3, -0.25) is 23.9 Å². The third-order valence-electron chi connectivity index (χ3n) is 4.84. The van der Waals surface area contributed by atoms with E-state index in [4.69, 9.17) is 0 Å². The number of benzene rings is 2. The van der Waals surface area contributed by atoms with E-state index in [1.807, 2.05) is 23.1 Å². The molecule has 2 heterocycles. The van der Waals surface area contributed by atoms with Crippen LogP contribution < -0.4 is 5.32 Å². The second-order valence-electron chi connectivity index (χ2n) is 6.98. The van der Waals surface area contributed by atoms with Gasteiger partial charge in [-0.15, -0.1) is 0 Å². The van der Waals surface area contributed by atoms with Crippen LogP contribution in [0.15, 0.2) is 71.0 Å². The molecule has 0 aliphatic carbocycles. The molecule has 33 heavy (non-hydrogen) atoms. The molecule has 1 N–H and O–H groups in total. The number of imidazole rings is 1. The van der Waals surface area contributed by atoms with Gasteiger partial charge < -0.3 is 5.32 Å². The Morgan fingerprint density at radius 3 is 2.76 bits per heavy atom. The van der Waals surface area contributed by atoms with Crippen LogP contribution in [0.4, 0.5) is 9.18 Å². The summed E-state index contributed by atoms with van der Waals surface area (Å²) in [7, 11) is 0.